The second-order valence-electron chi connectivity index (χ2n) is 19.7. The molecule has 0 aliphatic rings. The summed E-state index contributed by atoms with van der Waals surface area (Å²) in [6.07, 6.45) is 4.98. The molecule has 2 aromatic heterocycles. The van der Waals surface area contributed by atoms with E-state index >= 15 is 0 Å². The molecule has 3 N–H and O–H groups in total. The number of hydrogen-bond donors (Lipinski definition) is 2. The number of alkyl carbamates (subject to hydrolysis) is 1. The number of nitrogens with two attached hydrogens (primary N) is 1. The predicted molar refractivity (Wildman–Crippen MR) is 270 cm³/mol. The number of benzene rings is 6. The van der Waals surface area contributed by atoms with Gasteiger partial charge in [0.1, 0.15) is 30.3 Å². The van der Waals surface area contributed by atoms with Crippen molar-refractivity contribution < 1.29 is 19.0 Å². The molecule has 0 saturated carbocycles. The van der Waals surface area contributed by atoms with Gasteiger partial charge in [0.15, 0.2) is 0 Å². The van der Waals surface area contributed by atoms with E-state index in [-0.39, 0.29) is 5.54 Å². The van der Waals surface area contributed by atoms with Gasteiger partial charge < -0.3 is 25.3 Å². The Kier molecular flexibility index (Phi) is 14.1. The van der Waals surface area contributed by atoms with Crippen LogP contribution in [-0.2, 0) is 4.74 Å². The molecule has 336 valence electrons. The molecule has 2 atom stereocenters. The molecule has 0 radical (unpaired) electrons. The maximum absolute atomic E-state index is 12.6. The number of nitrogens with zero attached hydrogens (tertiary/aromatic N) is 2. The Labute approximate surface area is 384 Å². The fraction of sp³-hybridized carbons (Fsp3) is 0.316. The predicted octanol–water partition coefficient (Wildman–Crippen LogP) is 14.0. The summed E-state index contributed by atoms with van der Waals surface area (Å²) in [5, 5.41) is 9.74. The molecule has 6 aromatic carbocycles. The standard InChI is InChI=1S/C31H36N2O3.C26H28N2O/c1-21(2)19-31(6,33-29(34)36-30(3,4)5)20-35-28-16-15-23(22-11-7-8-13-26(22)28)24-17-18-32-27-14-10-9-12-25(24)27;1-18(2)16-26(3,27)17-29-25-13-12-20(19-8-4-5-10-23(19)25)21-14-15-28-24-11-7-6-9-22(21)24/h7-18,21H,19-20H2,1-6H3,(H,33,34);4-15,18H,16-17,27H2,1-3H3/t31-;26-/m00/s1. The van der Waals surface area contributed by atoms with E-state index in [2.05, 4.69) is 141 Å². The number of rotatable bonds is 13. The average molecular weight is 869 g/mol. The SMILES string of the molecule is CC(C)C[C@@](C)(COc1ccc(-c2ccnc3ccccc23)c2ccccc12)NC(=O)OC(C)(C)C.CC(C)C[C@](C)(N)COc1ccc(-c2ccnc3ccccc23)c2ccccc12. The quantitative estimate of drug-likeness (QED) is 0.119. The van der Waals surface area contributed by atoms with Crippen LogP contribution in [0.3, 0.4) is 0 Å². The molecule has 0 aliphatic heterocycles. The first-order valence-electron chi connectivity index (χ1n) is 22.8. The molecule has 0 saturated heterocycles. The van der Waals surface area contributed by atoms with Gasteiger partial charge in [-0.3, -0.25) is 9.97 Å². The van der Waals surface area contributed by atoms with Crippen LogP contribution in [0.2, 0.25) is 0 Å². The monoisotopic (exact) mass is 868 g/mol. The lowest BCUT2D eigenvalue weighted by molar-refractivity contribution is 0.0408. The molecular formula is C57H64N4O4. The zero-order valence-electron chi connectivity index (χ0n) is 39.4. The number of aromatic nitrogens is 2. The van der Waals surface area contributed by atoms with Gasteiger partial charge in [0.25, 0.3) is 0 Å². The summed E-state index contributed by atoms with van der Waals surface area (Å²) in [5.41, 5.74) is 11.6. The molecule has 1 amide bonds. The van der Waals surface area contributed by atoms with Crippen molar-refractivity contribution in [1.82, 2.24) is 15.3 Å². The number of para-hydroxylation sites is 2. The summed E-state index contributed by atoms with van der Waals surface area (Å²) in [7, 11) is 0. The number of nitrogens with one attached hydrogen (secondary N) is 1. The Morgan fingerprint density at radius 1 is 0.523 bits per heavy atom. The van der Waals surface area contributed by atoms with E-state index in [4.69, 9.17) is 19.9 Å². The number of hydrogen-bond acceptors (Lipinski definition) is 7. The summed E-state index contributed by atoms with van der Waals surface area (Å²) in [4.78, 5) is 21.6. The Balaban J connectivity index is 0.000000198. The number of carbonyl (C=O) groups excluding carboxylic acids is 1. The zero-order valence-corrected chi connectivity index (χ0v) is 39.4. The van der Waals surface area contributed by atoms with Crippen LogP contribution in [0.25, 0.3) is 65.6 Å². The van der Waals surface area contributed by atoms with Crippen LogP contribution in [-0.4, -0.2) is 46.0 Å². The molecule has 0 spiro atoms. The Hall–Kier alpha value is -6.51. The first kappa shape index (κ1) is 46.5. The lowest BCUT2D eigenvalue weighted by Gasteiger charge is -2.33. The highest BCUT2D eigenvalue weighted by atomic mass is 16.6. The van der Waals surface area contributed by atoms with E-state index in [1.807, 2.05) is 82.6 Å². The molecule has 8 nitrogen and oxygen atoms in total. The molecular weight excluding hydrogens is 805 g/mol. The number of carbonyl (C=O) groups is 1. The van der Waals surface area contributed by atoms with E-state index in [0.717, 1.165) is 73.4 Å². The summed E-state index contributed by atoms with van der Waals surface area (Å²) in [5.74, 6) is 2.57. The van der Waals surface area contributed by atoms with Gasteiger partial charge in [-0.15, -0.1) is 0 Å². The molecule has 8 heteroatoms. The Bertz CT molecular complexity index is 2910. The van der Waals surface area contributed by atoms with E-state index < -0.39 is 17.2 Å². The number of amides is 1. The highest BCUT2D eigenvalue weighted by molar-refractivity contribution is 6.07. The van der Waals surface area contributed by atoms with Crippen molar-refractivity contribution >= 4 is 49.4 Å². The number of ether oxygens (including phenoxy) is 3. The summed E-state index contributed by atoms with van der Waals surface area (Å²) < 4.78 is 18.2. The maximum atomic E-state index is 12.6. The minimum Gasteiger partial charge on any atom is -0.491 e. The Morgan fingerprint density at radius 3 is 1.37 bits per heavy atom. The fourth-order valence-corrected chi connectivity index (χ4v) is 8.99. The van der Waals surface area contributed by atoms with Gasteiger partial charge in [0.2, 0.25) is 0 Å². The second kappa shape index (κ2) is 19.7. The van der Waals surface area contributed by atoms with Crippen molar-refractivity contribution in [3.05, 3.63) is 146 Å². The van der Waals surface area contributed by atoms with E-state index in [9.17, 15) is 4.79 Å². The molecule has 0 bridgehead atoms. The minimum atomic E-state index is -0.586. The first-order chi connectivity index (χ1) is 31.0. The highest BCUT2D eigenvalue weighted by Gasteiger charge is 2.31. The van der Waals surface area contributed by atoms with Gasteiger partial charge in [-0.2, -0.15) is 0 Å². The van der Waals surface area contributed by atoms with Crippen molar-refractivity contribution in [2.45, 2.75) is 91.8 Å². The van der Waals surface area contributed by atoms with Crippen LogP contribution in [0.4, 0.5) is 4.79 Å². The molecule has 0 unspecified atom stereocenters. The molecule has 65 heavy (non-hydrogen) atoms. The van der Waals surface area contributed by atoms with Crippen LogP contribution in [0.1, 0.15) is 75.2 Å². The van der Waals surface area contributed by atoms with Crippen molar-refractivity contribution in [2.75, 3.05) is 13.2 Å². The molecule has 8 aromatic rings. The zero-order chi connectivity index (χ0) is 46.4. The van der Waals surface area contributed by atoms with Gasteiger partial charge in [-0.05, 0) is 129 Å². The third kappa shape index (κ3) is 11.6. The summed E-state index contributed by atoms with van der Waals surface area (Å²) >= 11 is 0. The van der Waals surface area contributed by atoms with Crippen LogP contribution in [0.15, 0.2) is 146 Å². The van der Waals surface area contributed by atoms with Crippen molar-refractivity contribution in [2.24, 2.45) is 17.6 Å². The van der Waals surface area contributed by atoms with Crippen LogP contribution >= 0.6 is 0 Å². The lowest BCUT2D eigenvalue weighted by Crippen LogP contribution is -2.52. The van der Waals surface area contributed by atoms with E-state index in [0.29, 0.717) is 25.0 Å². The summed E-state index contributed by atoms with van der Waals surface area (Å²) in [6.45, 7) is 19.1. The topological polar surface area (TPSA) is 109 Å². The van der Waals surface area contributed by atoms with Gasteiger partial charge in [0, 0.05) is 39.5 Å². The second-order valence-corrected chi connectivity index (χ2v) is 19.7. The molecule has 0 aliphatic carbocycles. The maximum Gasteiger partial charge on any atom is 0.408 e. The lowest BCUT2D eigenvalue weighted by atomic mass is 9.91. The van der Waals surface area contributed by atoms with Crippen molar-refractivity contribution in [1.29, 1.82) is 0 Å². The third-order valence-corrected chi connectivity index (χ3v) is 11.3. The molecule has 0 fully saturated rings. The fourth-order valence-electron chi connectivity index (χ4n) is 8.99. The smallest absolute Gasteiger partial charge is 0.408 e. The van der Waals surface area contributed by atoms with Gasteiger partial charge >= 0.3 is 6.09 Å². The first-order valence-corrected chi connectivity index (χ1v) is 22.8. The minimum absolute atomic E-state index is 0.325. The summed E-state index contributed by atoms with van der Waals surface area (Å²) in [6, 6.07) is 45.6. The van der Waals surface area contributed by atoms with Crippen LogP contribution < -0.4 is 20.5 Å². The highest BCUT2D eigenvalue weighted by Crippen LogP contribution is 2.39. The Morgan fingerprint density at radius 2 is 0.923 bits per heavy atom. The van der Waals surface area contributed by atoms with Gasteiger partial charge in [-0.25, -0.2) is 4.79 Å². The normalized spacial score (nSPS) is 13.6. The van der Waals surface area contributed by atoms with Crippen molar-refractivity contribution in [3.63, 3.8) is 0 Å². The number of fused-ring (bicyclic) bond motifs is 4. The van der Waals surface area contributed by atoms with Gasteiger partial charge in [0.05, 0.1) is 16.6 Å². The molecule has 2 heterocycles. The largest absolute Gasteiger partial charge is 0.491 e. The van der Waals surface area contributed by atoms with Crippen molar-refractivity contribution in [3.8, 4) is 33.8 Å². The van der Waals surface area contributed by atoms with Crippen LogP contribution in [0.5, 0.6) is 11.5 Å². The number of pyridine rings is 2. The van der Waals surface area contributed by atoms with E-state index in [1.54, 1.807) is 0 Å². The van der Waals surface area contributed by atoms with Crippen LogP contribution in [0, 0.1) is 11.8 Å². The third-order valence-electron chi connectivity index (χ3n) is 11.3. The average Bonchev–Trinajstić information content (AvgIpc) is 3.26. The molecule has 8 rings (SSSR count). The van der Waals surface area contributed by atoms with E-state index in [1.165, 1.54) is 16.5 Å². The van der Waals surface area contributed by atoms with Gasteiger partial charge in [-0.1, -0.05) is 125 Å².